The lowest BCUT2D eigenvalue weighted by atomic mass is 9.67. The minimum Gasteiger partial charge on any atom is -0.310 e. The second-order valence-corrected chi connectivity index (χ2v) is 14.4. The van der Waals surface area contributed by atoms with Crippen molar-refractivity contribution in [2.45, 2.75) is 15.2 Å². The molecular formula is C49H33NS. The standard InChI is InChI=1S/C49H33NS/c1-3-13-34(14-4-1)36-23-27-38(28-24-36)50(39-29-25-37(26-30-39)35-15-5-2-6-16-35)40-31-32-48-46(33-40)49(45-21-11-12-22-47(45)51-48)43-19-9-7-17-41(43)42-18-8-10-20-44(42)49/h1-33H. The van der Waals surface area contributed by atoms with Gasteiger partial charge in [-0.2, -0.15) is 0 Å². The van der Waals surface area contributed by atoms with Crippen LogP contribution in [0.25, 0.3) is 33.4 Å². The molecular weight excluding hydrogens is 635 g/mol. The Morgan fingerprint density at radius 3 is 1.27 bits per heavy atom. The summed E-state index contributed by atoms with van der Waals surface area (Å²) >= 11 is 1.89. The Hall–Kier alpha value is -6.09. The van der Waals surface area contributed by atoms with Crippen molar-refractivity contribution in [1.29, 1.82) is 0 Å². The molecule has 1 aliphatic heterocycles. The number of hydrogen-bond acceptors (Lipinski definition) is 2. The number of hydrogen-bond donors (Lipinski definition) is 0. The van der Waals surface area contributed by atoms with Crippen LogP contribution in [-0.2, 0) is 5.41 Å². The topological polar surface area (TPSA) is 3.24 Å². The van der Waals surface area contributed by atoms with E-state index >= 15 is 0 Å². The van der Waals surface area contributed by atoms with E-state index in [0.717, 1.165) is 17.1 Å². The van der Waals surface area contributed by atoms with Crippen LogP contribution in [0.2, 0.25) is 0 Å². The zero-order valence-corrected chi connectivity index (χ0v) is 28.7. The molecule has 0 fully saturated rings. The summed E-state index contributed by atoms with van der Waals surface area (Å²) < 4.78 is 0. The molecule has 2 heteroatoms. The minimum absolute atomic E-state index is 0.430. The quantitative estimate of drug-likeness (QED) is 0.180. The van der Waals surface area contributed by atoms with Crippen molar-refractivity contribution in [1.82, 2.24) is 0 Å². The van der Waals surface area contributed by atoms with E-state index < -0.39 is 5.41 Å². The summed E-state index contributed by atoms with van der Waals surface area (Å²) in [4.78, 5) is 5.02. The highest BCUT2D eigenvalue weighted by Crippen LogP contribution is 2.62. The van der Waals surface area contributed by atoms with E-state index in [1.807, 2.05) is 11.8 Å². The third kappa shape index (κ3) is 4.71. The summed E-state index contributed by atoms with van der Waals surface area (Å²) in [7, 11) is 0. The molecule has 8 aromatic carbocycles. The van der Waals surface area contributed by atoms with E-state index in [9.17, 15) is 0 Å². The van der Waals surface area contributed by atoms with Gasteiger partial charge in [-0.15, -0.1) is 0 Å². The number of anilines is 3. The first-order chi connectivity index (χ1) is 25.3. The maximum atomic E-state index is 2.47. The molecule has 0 N–H and O–H groups in total. The maximum absolute atomic E-state index is 2.47. The van der Waals surface area contributed by atoms with Crippen molar-refractivity contribution in [3.63, 3.8) is 0 Å². The molecule has 0 radical (unpaired) electrons. The molecule has 0 saturated carbocycles. The molecule has 51 heavy (non-hydrogen) atoms. The van der Waals surface area contributed by atoms with Crippen molar-refractivity contribution >= 4 is 28.8 Å². The number of rotatable bonds is 5. The second-order valence-electron chi connectivity index (χ2n) is 13.3. The summed E-state index contributed by atoms with van der Waals surface area (Å²) in [6, 6.07) is 73.4. The minimum atomic E-state index is -0.430. The van der Waals surface area contributed by atoms with E-state index in [1.165, 1.54) is 65.4 Å². The predicted octanol–water partition coefficient (Wildman–Crippen LogP) is 13.3. The number of fused-ring (bicyclic) bond motifs is 9. The summed E-state index contributed by atoms with van der Waals surface area (Å²) in [6.07, 6.45) is 0. The van der Waals surface area contributed by atoms with Crippen LogP contribution in [0.5, 0.6) is 0 Å². The summed E-state index contributed by atoms with van der Waals surface area (Å²) in [5, 5.41) is 0. The first kappa shape index (κ1) is 29.8. The van der Waals surface area contributed by atoms with E-state index in [4.69, 9.17) is 0 Å². The Kier molecular flexibility index (Phi) is 7.04. The number of nitrogens with zero attached hydrogens (tertiary/aromatic N) is 1. The summed E-state index contributed by atoms with van der Waals surface area (Å²) in [6.45, 7) is 0. The molecule has 0 atom stereocenters. The van der Waals surface area contributed by atoms with Crippen LogP contribution in [0.4, 0.5) is 17.1 Å². The van der Waals surface area contributed by atoms with Crippen LogP contribution in [0, 0.1) is 0 Å². The van der Waals surface area contributed by atoms with Gasteiger partial charge in [0.2, 0.25) is 0 Å². The molecule has 0 amide bonds. The van der Waals surface area contributed by atoms with Crippen molar-refractivity contribution in [3.8, 4) is 33.4 Å². The van der Waals surface area contributed by atoms with Gasteiger partial charge in [-0.05, 0) is 104 Å². The van der Waals surface area contributed by atoms with Gasteiger partial charge in [0.05, 0.1) is 5.41 Å². The normalized spacial score (nSPS) is 13.2. The van der Waals surface area contributed by atoms with Crippen LogP contribution >= 0.6 is 11.8 Å². The SMILES string of the molecule is c1ccc(-c2ccc(N(c3ccc(-c4ccccc4)cc3)c3ccc4c(c3)C3(c5ccccc5S4)c4ccccc4-c4ccccc43)cc2)cc1. The zero-order chi connectivity index (χ0) is 33.8. The van der Waals surface area contributed by atoms with E-state index in [1.54, 1.807) is 0 Å². The highest BCUT2D eigenvalue weighted by molar-refractivity contribution is 7.99. The predicted molar refractivity (Wildman–Crippen MR) is 213 cm³/mol. The van der Waals surface area contributed by atoms with E-state index in [-0.39, 0.29) is 0 Å². The van der Waals surface area contributed by atoms with E-state index in [0.29, 0.717) is 0 Å². The zero-order valence-electron chi connectivity index (χ0n) is 27.9. The van der Waals surface area contributed by atoms with Crippen LogP contribution in [-0.4, -0.2) is 0 Å². The van der Waals surface area contributed by atoms with Crippen LogP contribution in [0.15, 0.2) is 210 Å². The van der Waals surface area contributed by atoms with Crippen molar-refractivity contribution in [3.05, 3.63) is 222 Å². The lowest BCUT2D eigenvalue weighted by Crippen LogP contribution is -2.32. The Labute approximate surface area is 303 Å². The van der Waals surface area contributed by atoms with Gasteiger partial charge in [-0.25, -0.2) is 0 Å². The van der Waals surface area contributed by atoms with Gasteiger partial charge in [0, 0.05) is 26.9 Å². The molecule has 1 aliphatic carbocycles. The highest BCUT2D eigenvalue weighted by atomic mass is 32.2. The first-order valence-corrected chi connectivity index (χ1v) is 18.3. The maximum Gasteiger partial charge on any atom is 0.0736 e. The van der Waals surface area contributed by atoms with Gasteiger partial charge in [0.1, 0.15) is 0 Å². The lowest BCUT2D eigenvalue weighted by Gasteiger charge is -2.40. The third-order valence-corrected chi connectivity index (χ3v) is 11.7. The smallest absolute Gasteiger partial charge is 0.0736 e. The summed E-state index contributed by atoms with van der Waals surface area (Å²) in [5.74, 6) is 0. The Bertz CT molecular complexity index is 2410. The molecule has 1 spiro atoms. The Morgan fingerprint density at radius 1 is 0.314 bits per heavy atom. The lowest BCUT2D eigenvalue weighted by molar-refractivity contribution is 0.722. The van der Waals surface area contributed by atoms with Crippen molar-refractivity contribution in [2.24, 2.45) is 0 Å². The Morgan fingerprint density at radius 2 is 0.725 bits per heavy atom. The highest BCUT2D eigenvalue weighted by Gasteiger charge is 2.50. The fraction of sp³-hybridized carbons (Fsp3) is 0.0204. The van der Waals surface area contributed by atoms with E-state index in [2.05, 4.69) is 205 Å². The molecule has 1 nitrogen and oxygen atoms in total. The van der Waals surface area contributed by atoms with Crippen molar-refractivity contribution in [2.75, 3.05) is 4.90 Å². The van der Waals surface area contributed by atoms with Gasteiger partial charge < -0.3 is 4.90 Å². The second kappa shape index (κ2) is 12.1. The molecule has 1 heterocycles. The van der Waals surface area contributed by atoms with Gasteiger partial charge in [0.25, 0.3) is 0 Å². The van der Waals surface area contributed by atoms with Crippen LogP contribution in [0.1, 0.15) is 22.3 Å². The van der Waals surface area contributed by atoms with Gasteiger partial charge in [-0.1, -0.05) is 163 Å². The molecule has 2 aliphatic rings. The number of benzene rings is 8. The summed E-state index contributed by atoms with van der Waals surface area (Å²) in [5.41, 5.74) is 15.8. The largest absolute Gasteiger partial charge is 0.310 e. The van der Waals surface area contributed by atoms with Crippen LogP contribution < -0.4 is 4.90 Å². The third-order valence-electron chi connectivity index (χ3n) is 10.6. The average molecular weight is 668 g/mol. The molecule has 0 bridgehead atoms. The molecule has 10 rings (SSSR count). The fourth-order valence-corrected chi connectivity index (χ4v) is 9.47. The van der Waals surface area contributed by atoms with Crippen molar-refractivity contribution < 1.29 is 0 Å². The molecule has 0 aromatic heterocycles. The monoisotopic (exact) mass is 667 g/mol. The molecule has 0 unspecified atom stereocenters. The van der Waals surface area contributed by atoms with Gasteiger partial charge in [0.15, 0.2) is 0 Å². The van der Waals surface area contributed by atoms with Crippen LogP contribution in [0.3, 0.4) is 0 Å². The first-order valence-electron chi connectivity index (χ1n) is 17.5. The Balaban J connectivity index is 1.19. The van der Waals surface area contributed by atoms with Gasteiger partial charge in [-0.3, -0.25) is 0 Å². The van der Waals surface area contributed by atoms with Gasteiger partial charge >= 0.3 is 0 Å². The molecule has 8 aromatic rings. The molecule has 0 saturated heterocycles. The fourth-order valence-electron chi connectivity index (χ4n) is 8.30. The molecule has 240 valence electrons. The average Bonchev–Trinajstić information content (AvgIpc) is 3.50.